The number of halogens is 2. The summed E-state index contributed by atoms with van der Waals surface area (Å²) in [4.78, 5) is 12.1. The first-order valence-corrected chi connectivity index (χ1v) is 6.95. The molecule has 1 saturated carbocycles. The molecule has 1 aliphatic rings. The first-order chi connectivity index (χ1) is 9.06. The molecule has 19 heavy (non-hydrogen) atoms. The third kappa shape index (κ3) is 3.87. The van der Waals surface area contributed by atoms with Crippen LogP contribution in [0.15, 0.2) is 11.4 Å². The van der Waals surface area contributed by atoms with Crippen LogP contribution in [-0.4, -0.2) is 29.8 Å². The van der Waals surface area contributed by atoms with Gasteiger partial charge in [-0.05, 0) is 37.1 Å². The minimum absolute atomic E-state index is 0.0163. The minimum atomic E-state index is -2.94. The van der Waals surface area contributed by atoms with Crippen LogP contribution in [0.25, 0.3) is 0 Å². The quantitative estimate of drug-likeness (QED) is 0.895. The van der Waals surface area contributed by atoms with E-state index in [1.807, 2.05) is 0 Å². The molecule has 1 amide bonds. The summed E-state index contributed by atoms with van der Waals surface area (Å²) in [5.74, 6) is -0.486. The Balaban J connectivity index is 1.94. The zero-order valence-corrected chi connectivity index (χ0v) is 11.0. The van der Waals surface area contributed by atoms with Crippen molar-refractivity contribution < 1.29 is 23.4 Å². The molecular formula is C12H15F2NO3S. The van der Waals surface area contributed by atoms with E-state index < -0.39 is 12.5 Å². The molecule has 0 saturated heterocycles. The zero-order chi connectivity index (χ0) is 13.8. The number of hydrogen-bond donors (Lipinski definition) is 2. The molecule has 1 aromatic rings. The van der Waals surface area contributed by atoms with E-state index in [4.69, 9.17) is 0 Å². The van der Waals surface area contributed by atoms with E-state index in [0.717, 1.165) is 11.3 Å². The molecule has 106 valence electrons. The number of aliphatic hydroxyl groups excluding tert-OH is 1. The van der Waals surface area contributed by atoms with Crippen molar-refractivity contribution in [2.45, 2.75) is 44.4 Å². The fraction of sp³-hybridized carbons (Fsp3) is 0.583. The first kappa shape index (κ1) is 14.2. The van der Waals surface area contributed by atoms with Gasteiger partial charge in [-0.15, -0.1) is 11.3 Å². The number of aliphatic hydroxyl groups is 1. The fourth-order valence-corrected chi connectivity index (χ4v) is 2.85. The first-order valence-electron chi connectivity index (χ1n) is 6.07. The zero-order valence-electron chi connectivity index (χ0n) is 10.1. The van der Waals surface area contributed by atoms with Crippen LogP contribution < -0.4 is 10.1 Å². The van der Waals surface area contributed by atoms with Crippen molar-refractivity contribution in [2.75, 3.05) is 0 Å². The number of alkyl halides is 2. The van der Waals surface area contributed by atoms with Gasteiger partial charge in [0.15, 0.2) is 0 Å². The number of nitrogens with one attached hydrogen (secondary N) is 1. The molecule has 1 fully saturated rings. The number of carbonyl (C=O) groups excluding carboxylic acids is 1. The van der Waals surface area contributed by atoms with Crippen LogP contribution in [0.3, 0.4) is 0 Å². The topological polar surface area (TPSA) is 58.6 Å². The smallest absolute Gasteiger partial charge is 0.387 e. The Labute approximate surface area is 113 Å². The van der Waals surface area contributed by atoms with Gasteiger partial charge in [-0.25, -0.2) is 0 Å². The average Bonchev–Trinajstić information content (AvgIpc) is 2.79. The Kier molecular flexibility index (Phi) is 4.71. The van der Waals surface area contributed by atoms with Crippen molar-refractivity contribution in [1.29, 1.82) is 0 Å². The Morgan fingerprint density at radius 1 is 1.42 bits per heavy atom. The third-order valence-electron chi connectivity index (χ3n) is 3.08. The summed E-state index contributed by atoms with van der Waals surface area (Å²) in [6, 6.07) is 1.34. The Morgan fingerprint density at radius 2 is 2.11 bits per heavy atom. The standard InChI is InChI=1S/C12H15F2NO3S/c13-12(14)18-9-5-6-19-10(9)11(17)15-7-1-3-8(16)4-2-7/h5-8,12,16H,1-4H2,(H,15,17). The van der Waals surface area contributed by atoms with Crippen molar-refractivity contribution in [2.24, 2.45) is 0 Å². The predicted octanol–water partition coefficient (Wildman–Crippen LogP) is 2.38. The lowest BCUT2D eigenvalue weighted by Crippen LogP contribution is -2.38. The maximum atomic E-state index is 12.2. The summed E-state index contributed by atoms with van der Waals surface area (Å²) in [5, 5.41) is 13.7. The van der Waals surface area contributed by atoms with Gasteiger partial charge < -0.3 is 15.2 Å². The molecule has 0 bridgehead atoms. The maximum Gasteiger partial charge on any atom is 0.387 e. The summed E-state index contributed by atoms with van der Waals surface area (Å²) >= 11 is 1.07. The summed E-state index contributed by atoms with van der Waals surface area (Å²) < 4.78 is 28.6. The van der Waals surface area contributed by atoms with Gasteiger partial charge in [0.1, 0.15) is 10.6 Å². The number of rotatable bonds is 4. The molecule has 1 aromatic heterocycles. The molecule has 0 aromatic carbocycles. The largest absolute Gasteiger partial charge is 0.433 e. The lowest BCUT2D eigenvalue weighted by Gasteiger charge is -2.26. The van der Waals surface area contributed by atoms with Gasteiger partial charge in [0, 0.05) is 6.04 Å². The second-order valence-electron chi connectivity index (χ2n) is 4.47. The molecule has 0 spiro atoms. The molecule has 0 radical (unpaired) electrons. The predicted molar refractivity (Wildman–Crippen MR) is 66.7 cm³/mol. The highest BCUT2D eigenvalue weighted by molar-refractivity contribution is 7.12. The lowest BCUT2D eigenvalue weighted by molar-refractivity contribution is -0.0498. The molecule has 0 unspecified atom stereocenters. The summed E-state index contributed by atoms with van der Waals surface area (Å²) in [6.07, 6.45) is 2.39. The summed E-state index contributed by atoms with van der Waals surface area (Å²) in [7, 11) is 0. The monoisotopic (exact) mass is 291 g/mol. The van der Waals surface area contributed by atoms with Crippen molar-refractivity contribution >= 4 is 17.2 Å². The molecule has 0 atom stereocenters. The van der Waals surface area contributed by atoms with Crippen LogP contribution in [0.1, 0.15) is 35.4 Å². The van der Waals surface area contributed by atoms with E-state index >= 15 is 0 Å². The second kappa shape index (κ2) is 6.29. The van der Waals surface area contributed by atoms with Gasteiger partial charge in [0.25, 0.3) is 5.91 Å². The molecule has 2 N–H and O–H groups in total. The van der Waals surface area contributed by atoms with E-state index in [2.05, 4.69) is 10.1 Å². The number of amides is 1. The second-order valence-corrected chi connectivity index (χ2v) is 5.39. The van der Waals surface area contributed by atoms with E-state index in [1.165, 1.54) is 11.4 Å². The normalized spacial score (nSPS) is 23.4. The molecule has 0 aliphatic heterocycles. The number of carbonyl (C=O) groups is 1. The molecule has 1 heterocycles. The SMILES string of the molecule is O=C(NC1CCC(O)CC1)c1sccc1OC(F)F. The molecule has 7 heteroatoms. The number of thiophene rings is 1. The third-order valence-corrected chi connectivity index (χ3v) is 3.98. The van der Waals surface area contributed by atoms with Crippen LogP contribution in [0.2, 0.25) is 0 Å². The minimum Gasteiger partial charge on any atom is -0.433 e. The van der Waals surface area contributed by atoms with Crippen molar-refractivity contribution in [1.82, 2.24) is 5.32 Å². The molecule has 1 aliphatic carbocycles. The van der Waals surface area contributed by atoms with Crippen LogP contribution >= 0.6 is 11.3 Å². The molecule has 2 rings (SSSR count). The maximum absolute atomic E-state index is 12.2. The average molecular weight is 291 g/mol. The van der Waals surface area contributed by atoms with Crippen LogP contribution in [0, 0.1) is 0 Å². The Morgan fingerprint density at radius 3 is 2.74 bits per heavy atom. The van der Waals surface area contributed by atoms with Crippen molar-refractivity contribution in [3.8, 4) is 5.75 Å². The van der Waals surface area contributed by atoms with Gasteiger partial charge in [0.2, 0.25) is 0 Å². The summed E-state index contributed by atoms with van der Waals surface area (Å²) in [5.41, 5.74) is 0. The Hall–Kier alpha value is -1.21. The fourth-order valence-electron chi connectivity index (χ4n) is 2.12. The van der Waals surface area contributed by atoms with Crippen molar-refractivity contribution in [3.05, 3.63) is 16.3 Å². The van der Waals surface area contributed by atoms with Gasteiger partial charge in [0.05, 0.1) is 6.10 Å². The van der Waals surface area contributed by atoms with Gasteiger partial charge >= 0.3 is 6.61 Å². The lowest BCUT2D eigenvalue weighted by atomic mass is 9.93. The van der Waals surface area contributed by atoms with Crippen LogP contribution in [0.4, 0.5) is 8.78 Å². The van der Waals surface area contributed by atoms with Gasteiger partial charge in [-0.3, -0.25) is 4.79 Å². The number of hydrogen-bond acceptors (Lipinski definition) is 4. The highest BCUT2D eigenvalue weighted by Crippen LogP contribution is 2.27. The Bertz CT molecular complexity index is 430. The van der Waals surface area contributed by atoms with Gasteiger partial charge in [-0.2, -0.15) is 8.78 Å². The van der Waals surface area contributed by atoms with Gasteiger partial charge in [-0.1, -0.05) is 0 Å². The molecule has 4 nitrogen and oxygen atoms in total. The van der Waals surface area contributed by atoms with E-state index in [1.54, 1.807) is 0 Å². The van der Waals surface area contributed by atoms with Crippen molar-refractivity contribution in [3.63, 3.8) is 0 Å². The van der Waals surface area contributed by atoms with E-state index in [0.29, 0.717) is 25.7 Å². The van der Waals surface area contributed by atoms with Crippen LogP contribution in [0.5, 0.6) is 5.75 Å². The van der Waals surface area contributed by atoms with E-state index in [9.17, 15) is 18.7 Å². The van der Waals surface area contributed by atoms with E-state index in [-0.39, 0.29) is 22.8 Å². The number of ether oxygens (including phenoxy) is 1. The van der Waals surface area contributed by atoms with Crippen LogP contribution in [-0.2, 0) is 0 Å². The molecular weight excluding hydrogens is 276 g/mol. The highest BCUT2D eigenvalue weighted by Gasteiger charge is 2.23. The highest BCUT2D eigenvalue weighted by atomic mass is 32.1. The summed E-state index contributed by atoms with van der Waals surface area (Å²) in [6.45, 7) is -2.94.